The lowest BCUT2D eigenvalue weighted by Gasteiger charge is -2.13. The van der Waals surface area contributed by atoms with Crippen LogP contribution in [0.5, 0.6) is 0 Å². The van der Waals surface area contributed by atoms with Gasteiger partial charge in [0.1, 0.15) is 0 Å². The summed E-state index contributed by atoms with van der Waals surface area (Å²) in [6, 6.07) is 6.01. The molecular formula is C11H12N2O. The minimum absolute atomic E-state index is 0.0370. The number of rotatable bonds is 1. The molecule has 14 heavy (non-hydrogen) atoms. The van der Waals surface area contributed by atoms with E-state index in [0.717, 1.165) is 16.8 Å². The summed E-state index contributed by atoms with van der Waals surface area (Å²) >= 11 is 0. The standard InChI is InChI=1S/C11H12N2O/c1-8-5-9(2)7-10(6-8)13-11(14)3-4-12-13/h4-7H,3H2,1-2H3. The molecule has 3 heteroatoms. The molecule has 1 aliphatic rings. The first-order valence-electron chi connectivity index (χ1n) is 4.60. The molecule has 0 aliphatic carbocycles. The largest absolute Gasteiger partial charge is 0.272 e. The van der Waals surface area contributed by atoms with E-state index in [1.165, 1.54) is 5.01 Å². The smallest absolute Gasteiger partial charge is 0.252 e. The Morgan fingerprint density at radius 1 is 1.21 bits per heavy atom. The number of hydrogen-bond acceptors (Lipinski definition) is 2. The number of carbonyl (C=O) groups is 1. The van der Waals surface area contributed by atoms with E-state index in [0.29, 0.717) is 6.42 Å². The van der Waals surface area contributed by atoms with Crippen molar-refractivity contribution in [3.8, 4) is 0 Å². The Labute approximate surface area is 83.0 Å². The van der Waals surface area contributed by atoms with Gasteiger partial charge in [-0.3, -0.25) is 4.79 Å². The van der Waals surface area contributed by atoms with E-state index in [4.69, 9.17) is 0 Å². The maximum atomic E-state index is 11.4. The molecule has 0 saturated carbocycles. The molecule has 0 fully saturated rings. The number of hydrogen-bond donors (Lipinski definition) is 0. The molecule has 0 unspecified atom stereocenters. The normalized spacial score (nSPS) is 15.3. The first-order chi connectivity index (χ1) is 6.66. The minimum Gasteiger partial charge on any atom is -0.272 e. The molecule has 0 N–H and O–H groups in total. The molecule has 1 aliphatic heterocycles. The Balaban J connectivity index is 2.41. The zero-order valence-corrected chi connectivity index (χ0v) is 8.32. The van der Waals surface area contributed by atoms with Crippen LogP contribution in [0.4, 0.5) is 5.69 Å². The van der Waals surface area contributed by atoms with E-state index in [1.54, 1.807) is 6.21 Å². The molecule has 1 aromatic carbocycles. The third-order valence-corrected chi connectivity index (χ3v) is 2.15. The van der Waals surface area contributed by atoms with Gasteiger partial charge in [-0.25, -0.2) is 5.01 Å². The van der Waals surface area contributed by atoms with Crippen LogP contribution in [0.3, 0.4) is 0 Å². The molecule has 0 saturated heterocycles. The van der Waals surface area contributed by atoms with E-state index < -0.39 is 0 Å². The second-order valence-electron chi connectivity index (χ2n) is 3.55. The predicted molar refractivity (Wildman–Crippen MR) is 56.5 cm³/mol. The summed E-state index contributed by atoms with van der Waals surface area (Å²) in [5, 5.41) is 5.49. The van der Waals surface area contributed by atoms with E-state index in [9.17, 15) is 4.79 Å². The van der Waals surface area contributed by atoms with E-state index >= 15 is 0 Å². The highest BCUT2D eigenvalue weighted by atomic mass is 16.2. The van der Waals surface area contributed by atoms with Gasteiger partial charge >= 0.3 is 0 Å². The van der Waals surface area contributed by atoms with Gasteiger partial charge in [-0.1, -0.05) is 6.07 Å². The summed E-state index contributed by atoms with van der Waals surface area (Å²) in [7, 11) is 0. The third-order valence-electron chi connectivity index (χ3n) is 2.15. The van der Waals surface area contributed by atoms with E-state index in [-0.39, 0.29) is 5.91 Å². The molecule has 0 aromatic heterocycles. The molecule has 0 bridgehead atoms. The van der Waals surface area contributed by atoms with Crippen LogP contribution >= 0.6 is 0 Å². The van der Waals surface area contributed by atoms with Gasteiger partial charge in [0.25, 0.3) is 5.91 Å². The molecule has 1 amide bonds. The van der Waals surface area contributed by atoms with Crippen LogP contribution in [-0.2, 0) is 4.79 Å². The lowest BCUT2D eigenvalue weighted by Crippen LogP contribution is -2.19. The average Bonchev–Trinajstić information content (AvgIpc) is 2.49. The van der Waals surface area contributed by atoms with Crippen LogP contribution in [0.25, 0.3) is 0 Å². The molecule has 0 atom stereocenters. The summed E-state index contributed by atoms with van der Waals surface area (Å²) < 4.78 is 0. The van der Waals surface area contributed by atoms with Crippen molar-refractivity contribution < 1.29 is 4.79 Å². The van der Waals surface area contributed by atoms with Crippen molar-refractivity contribution in [2.24, 2.45) is 5.10 Å². The first kappa shape index (κ1) is 8.94. The van der Waals surface area contributed by atoms with Crippen molar-refractivity contribution in [3.63, 3.8) is 0 Å². The Bertz CT molecular complexity index is 389. The highest BCUT2D eigenvalue weighted by Gasteiger charge is 2.18. The fourth-order valence-electron chi connectivity index (χ4n) is 1.64. The zero-order chi connectivity index (χ0) is 10.1. The van der Waals surface area contributed by atoms with Crippen molar-refractivity contribution in [1.82, 2.24) is 0 Å². The molecule has 1 heterocycles. The number of anilines is 1. The lowest BCUT2D eigenvalue weighted by molar-refractivity contribution is -0.116. The summed E-state index contributed by atoms with van der Waals surface area (Å²) in [5.74, 6) is 0.0370. The number of nitrogens with zero attached hydrogens (tertiary/aromatic N) is 2. The van der Waals surface area contributed by atoms with Crippen molar-refractivity contribution in [2.45, 2.75) is 20.3 Å². The second kappa shape index (κ2) is 3.25. The van der Waals surface area contributed by atoms with Gasteiger partial charge in [-0.05, 0) is 37.1 Å². The molecule has 0 radical (unpaired) electrons. The second-order valence-corrected chi connectivity index (χ2v) is 3.55. The molecule has 1 aromatic rings. The Morgan fingerprint density at radius 3 is 2.36 bits per heavy atom. The van der Waals surface area contributed by atoms with Crippen molar-refractivity contribution in [2.75, 3.05) is 5.01 Å². The van der Waals surface area contributed by atoms with E-state index in [1.807, 2.05) is 26.0 Å². The van der Waals surface area contributed by atoms with Crippen LogP contribution in [0, 0.1) is 13.8 Å². The van der Waals surface area contributed by atoms with Crippen LogP contribution in [-0.4, -0.2) is 12.1 Å². The van der Waals surface area contributed by atoms with Crippen LogP contribution in [0.2, 0.25) is 0 Å². The van der Waals surface area contributed by atoms with E-state index in [2.05, 4.69) is 11.2 Å². The molecular weight excluding hydrogens is 176 g/mol. The van der Waals surface area contributed by atoms with Gasteiger partial charge in [0.2, 0.25) is 0 Å². The lowest BCUT2D eigenvalue weighted by atomic mass is 10.1. The molecule has 0 spiro atoms. The van der Waals surface area contributed by atoms with Gasteiger partial charge in [-0.15, -0.1) is 0 Å². The van der Waals surface area contributed by atoms with Gasteiger partial charge in [-0.2, -0.15) is 5.10 Å². The van der Waals surface area contributed by atoms with Crippen molar-refractivity contribution in [1.29, 1.82) is 0 Å². The minimum atomic E-state index is 0.0370. The summed E-state index contributed by atoms with van der Waals surface area (Å²) in [6.45, 7) is 4.03. The first-order valence-corrected chi connectivity index (χ1v) is 4.60. The maximum absolute atomic E-state index is 11.4. The highest BCUT2D eigenvalue weighted by molar-refractivity contribution is 6.05. The van der Waals surface area contributed by atoms with Gasteiger partial charge in [0, 0.05) is 6.21 Å². The number of benzene rings is 1. The third kappa shape index (κ3) is 1.53. The molecule has 72 valence electrons. The summed E-state index contributed by atoms with van der Waals surface area (Å²) in [5.41, 5.74) is 3.16. The Hall–Kier alpha value is -1.64. The van der Waals surface area contributed by atoms with Gasteiger partial charge in [0.05, 0.1) is 12.1 Å². The van der Waals surface area contributed by atoms with Crippen molar-refractivity contribution in [3.05, 3.63) is 29.3 Å². The quantitative estimate of drug-likeness (QED) is 0.663. The number of hydrazone groups is 1. The monoisotopic (exact) mass is 188 g/mol. The topological polar surface area (TPSA) is 32.7 Å². The van der Waals surface area contributed by atoms with Crippen LogP contribution in [0.15, 0.2) is 23.3 Å². The number of carbonyl (C=O) groups excluding carboxylic acids is 1. The SMILES string of the molecule is Cc1cc(C)cc(N2N=CCC2=O)c1. The number of amides is 1. The molecule has 3 nitrogen and oxygen atoms in total. The summed E-state index contributed by atoms with van der Waals surface area (Å²) in [4.78, 5) is 11.4. The maximum Gasteiger partial charge on any atom is 0.252 e. The van der Waals surface area contributed by atoms with Gasteiger partial charge in [0.15, 0.2) is 0 Å². The Morgan fingerprint density at radius 2 is 1.86 bits per heavy atom. The summed E-state index contributed by atoms with van der Waals surface area (Å²) in [6.07, 6.45) is 2.05. The van der Waals surface area contributed by atoms with Crippen LogP contribution < -0.4 is 5.01 Å². The van der Waals surface area contributed by atoms with Gasteiger partial charge < -0.3 is 0 Å². The number of aryl methyl sites for hydroxylation is 2. The fourth-order valence-corrected chi connectivity index (χ4v) is 1.64. The molecule has 2 rings (SSSR count). The predicted octanol–water partition coefficient (Wildman–Crippen LogP) is 2.03. The van der Waals surface area contributed by atoms with Crippen molar-refractivity contribution >= 4 is 17.8 Å². The zero-order valence-electron chi connectivity index (χ0n) is 8.32. The fraction of sp³-hybridized carbons (Fsp3) is 0.273. The average molecular weight is 188 g/mol. The van der Waals surface area contributed by atoms with Crippen LogP contribution in [0.1, 0.15) is 17.5 Å². The highest BCUT2D eigenvalue weighted by Crippen LogP contribution is 2.21. The Kier molecular flexibility index (Phi) is 2.08.